The Hall–Kier alpha value is -2.57. The lowest BCUT2D eigenvalue weighted by Crippen LogP contribution is -2.00. The second kappa shape index (κ2) is 4.36. The summed E-state index contributed by atoms with van der Waals surface area (Å²) >= 11 is 0. The number of nitro groups is 1. The molecular weight excluding hydrogens is 236 g/mol. The van der Waals surface area contributed by atoms with E-state index in [9.17, 15) is 10.1 Å². The monoisotopic (exact) mass is 248 g/mol. The van der Waals surface area contributed by atoms with E-state index in [-0.39, 0.29) is 5.69 Å². The molecule has 1 aromatic carbocycles. The van der Waals surface area contributed by atoms with Gasteiger partial charge in [-0.25, -0.2) is 4.68 Å². The van der Waals surface area contributed by atoms with Crippen molar-refractivity contribution >= 4 is 11.4 Å². The molecule has 0 saturated heterocycles. The van der Waals surface area contributed by atoms with Gasteiger partial charge in [-0.1, -0.05) is 0 Å². The van der Waals surface area contributed by atoms with Crippen LogP contribution in [-0.4, -0.2) is 21.8 Å². The lowest BCUT2D eigenvalue weighted by atomic mass is 10.2. The molecule has 0 amide bonds. The summed E-state index contributed by atoms with van der Waals surface area (Å²) in [6.07, 6.45) is 1.59. The van der Waals surface area contributed by atoms with Crippen LogP contribution in [0.3, 0.4) is 0 Å². The molecular formula is C11H12N4O3. The molecule has 7 nitrogen and oxygen atoms in total. The third kappa shape index (κ3) is 1.97. The van der Waals surface area contributed by atoms with E-state index in [1.54, 1.807) is 13.1 Å². The molecule has 0 unspecified atom stereocenters. The lowest BCUT2D eigenvalue weighted by Gasteiger charge is -2.07. The number of hydrogen-bond donors (Lipinski definition) is 1. The number of non-ortho nitro benzene ring substituents is 1. The standard InChI is InChI=1S/C11H12N4O3/c1-7-9(12)6-14(13-7)10-5-8(15(16)17)3-4-11(10)18-2/h3-6H,12H2,1-2H3. The summed E-state index contributed by atoms with van der Waals surface area (Å²) in [6, 6.07) is 4.30. The van der Waals surface area contributed by atoms with Crippen molar-refractivity contribution in [2.75, 3.05) is 12.8 Å². The van der Waals surface area contributed by atoms with E-state index >= 15 is 0 Å². The number of benzene rings is 1. The van der Waals surface area contributed by atoms with E-state index in [0.29, 0.717) is 22.8 Å². The fourth-order valence-corrected chi connectivity index (χ4v) is 1.57. The number of nitrogens with two attached hydrogens (primary N) is 1. The molecule has 1 aromatic heterocycles. The normalized spacial score (nSPS) is 10.3. The summed E-state index contributed by atoms with van der Waals surface area (Å²) in [4.78, 5) is 10.3. The number of nitro benzene ring substituents is 1. The molecule has 2 N–H and O–H groups in total. The van der Waals surface area contributed by atoms with Crippen LogP contribution in [0.1, 0.15) is 5.69 Å². The molecule has 0 spiro atoms. The van der Waals surface area contributed by atoms with Crippen LogP contribution in [0.4, 0.5) is 11.4 Å². The number of methoxy groups -OCH3 is 1. The molecule has 94 valence electrons. The minimum atomic E-state index is -0.470. The number of hydrogen-bond acceptors (Lipinski definition) is 5. The minimum Gasteiger partial charge on any atom is -0.494 e. The zero-order valence-corrected chi connectivity index (χ0v) is 9.95. The molecule has 2 rings (SSSR count). The molecule has 7 heteroatoms. The van der Waals surface area contributed by atoms with Gasteiger partial charge in [-0.2, -0.15) is 5.10 Å². The zero-order chi connectivity index (χ0) is 13.3. The van der Waals surface area contributed by atoms with Gasteiger partial charge in [0.2, 0.25) is 0 Å². The van der Waals surface area contributed by atoms with Crippen molar-refractivity contribution in [1.29, 1.82) is 0 Å². The highest BCUT2D eigenvalue weighted by Gasteiger charge is 2.14. The summed E-state index contributed by atoms with van der Waals surface area (Å²) < 4.78 is 6.63. The second-order valence-electron chi connectivity index (χ2n) is 3.73. The molecule has 1 heterocycles. The van der Waals surface area contributed by atoms with Crippen molar-refractivity contribution in [2.24, 2.45) is 0 Å². The van der Waals surface area contributed by atoms with Crippen LogP contribution in [0, 0.1) is 17.0 Å². The number of aromatic nitrogens is 2. The van der Waals surface area contributed by atoms with Gasteiger partial charge in [-0.3, -0.25) is 10.1 Å². The van der Waals surface area contributed by atoms with Crippen LogP contribution in [0.25, 0.3) is 5.69 Å². The highest BCUT2D eigenvalue weighted by molar-refractivity contribution is 5.55. The van der Waals surface area contributed by atoms with Gasteiger partial charge >= 0.3 is 0 Å². The molecule has 0 aliphatic carbocycles. The lowest BCUT2D eigenvalue weighted by molar-refractivity contribution is -0.384. The minimum absolute atomic E-state index is 0.0301. The van der Waals surface area contributed by atoms with Crippen LogP contribution >= 0.6 is 0 Å². The summed E-state index contributed by atoms with van der Waals surface area (Å²) in [5.41, 5.74) is 7.33. The number of anilines is 1. The average Bonchev–Trinajstić information content (AvgIpc) is 2.68. The molecule has 2 aromatic rings. The topological polar surface area (TPSA) is 96.2 Å². The van der Waals surface area contributed by atoms with Gasteiger partial charge in [0.05, 0.1) is 29.6 Å². The van der Waals surface area contributed by atoms with Crippen LogP contribution in [-0.2, 0) is 0 Å². The maximum absolute atomic E-state index is 10.8. The van der Waals surface area contributed by atoms with Crippen molar-refractivity contribution in [3.8, 4) is 11.4 Å². The van der Waals surface area contributed by atoms with Crippen molar-refractivity contribution in [1.82, 2.24) is 9.78 Å². The largest absolute Gasteiger partial charge is 0.494 e. The number of aryl methyl sites for hydroxylation is 1. The van der Waals surface area contributed by atoms with Crippen LogP contribution in [0.2, 0.25) is 0 Å². The van der Waals surface area contributed by atoms with Crippen LogP contribution < -0.4 is 10.5 Å². The predicted octanol–water partition coefficient (Wildman–Crippen LogP) is 1.68. The van der Waals surface area contributed by atoms with E-state index in [2.05, 4.69) is 5.10 Å². The molecule has 0 atom stereocenters. The Labute approximate surface area is 103 Å². The number of nitrogen functional groups attached to an aromatic ring is 1. The third-order valence-corrected chi connectivity index (χ3v) is 2.56. The Kier molecular flexibility index (Phi) is 2.88. The molecule has 0 aliphatic rings. The van der Waals surface area contributed by atoms with Crippen molar-refractivity contribution in [3.05, 3.63) is 40.2 Å². The van der Waals surface area contributed by atoms with Gasteiger partial charge in [0.25, 0.3) is 5.69 Å². The van der Waals surface area contributed by atoms with Crippen molar-refractivity contribution in [3.63, 3.8) is 0 Å². The van der Waals surface area contributed by atoms with Gasteiger partial charge in [-0.15, -0.1) is 0 Å². The van der Waals surface area contributed by atoms with Gasteiger partial charge in [0.1, 0.15) is 11.4 Å². The van der Waals surface area contributed by atoms with E-state index in [1.807, 2.05) is 0 Å². The van der Waals surface area contributed by atoms with Gasteiger partial charge < -0.3 is 10.5 Å². The summed E-state index contributed by atoms with van der Waals surface area (Å²) in [6.45, 7) is 1.76. The molecule has 18 heavy (non-hydrogen) atoms. The summed E-state index contributed by atoms with van der Waals surface area (Å²) in [7, 11) is 1.49. The maximum atomic E-state index is 10.8. The Balaban J connectivity index is 2.59. The molecule has 0 saturated carbocycles. The Morgan fingerprint density at radius 1 is 1.50 bits per heavy atom. The first-order chi connectivity index (χ1) is 8.52. The summed E-state index contributed by atoms with van der Waals surface area (Å²) in [5, 5.41) is 14.9. The van der Waals surface area contributed by atoms with Crippen LogP contribution in [0.15, 0.2) is 24.4 Å². The number of rotatable bonds is 3. The van der Waals surface area contributed by atoms with Gasteiger partial charge in [0, 0.05) is 12.1 Å². The highest BCUT2D eigenvalue weighted by atomic mass is 16.6. The first kappa shape index (κ1) is 11.9. The first-order valence-electron chi connectivity index (χ1n) is 5.17. The molecule has 0 aliphatic heterocycles. The smallest absolute Gasteiger partial charge is 0.271 e. The Bertz CT molecular complexity index is 587. The van der Waals surface area contributed by atoms with Gasteiger partial charge in [-0.05, 0) is 13.0 Å². The average molecular weight is 248 g/mol. The highest BCUT2D eigenvalue weighted by Crippen LogP contribution is 2.28. The van der Waals surface area contributed by atoms with Crippen LogP contribution in [0.5, 0.6) is 5.75 Å². The number of nitrogens with zero attached hydrogens (tertiary/aromatic N) is 3. The Morgan fingerprint density at radius 2 is 2.22 bits per heavy atom. The Morgan fingerprint density at radius 3 is 2.72 bits per heavy atom. The zero-order valence-electron chi connectivity index (χ0n) is 9.95. The van der Waals surface area contributed by atoms with Gasteiger partial charge in [0.15, 0.2) is 0 Å². The summed E-state index contributed by atoms with van der Waals surface area (Å²) in [5.74, 6) is 0.489. The van der Waals surface area contributed by atoms with E-state index in [1.165, 1.54) is 30.0 Å². The molecule has 0 fully saturated rings. The van der Waals surface area contributed by atoms with E-state index in [0.717, 1.165) is 0 Å². The van der Waals surface area contributed by atoms with Crippen molar-refractivity contribution < 1.29 is 9.66 Å². The second-order valence-corrected chi connectivity index (χ2v) is 3.73. The molecule has 0 bridgehead atoms. The van der Waals surface area contributed by atoms with E-state index < -0.39 is 4.92 Å². The third-order valence-electron chi connectivity index (χ3n) is 2.56. The SMILES string of the molecule is COc1ccc([N+](=O)[O-])cc1-n1cc(N)c(C)n1. The maximum Gasteiger partial charge on any atom is 0.271 e. The first-order valence-corrected chi connectivity index (χ1v) is 5.17. The van der Waals surface area contributed by atoms with E-state index in [4.69, 9.17) is 10.5 Å². The fraction of sp³-hybridized carbons (Fsp3) is 0.182. The fourth-order valence-electron chi connectivity index (χ4n) is 1.57. The number of ether oxygens (including phenoxy) is 1. The predicted molar refractivity (Wildman–Crippen MR) is 65.9 cm³/mol. The van der Waals surface area contributed by atoms with Crippen molar-refractivity contribution in [2.45, 2.75) is 6.92 Å². The quantitative estimate of drug-likeness (QED) is 0.658. The molecule has 0 radical (unpaired) electrons.